The van der Waals surface area contributed by atoms with Crippen LogP contribution < -0.4 is 20.3 Å². The first-order chi connectivity index (χ1) is 14.3. The number of piperazine rings is 1. The molecule has 2 aromatic carbocycles. The summed E-state index contributed by atoms with van der Waals surface area (Å²) >= 11 is 0. The summed E-state index contributed by atoms with van der Waals surface area (Å²) in [6.07, 6.45) is 0.817. The van der Waals surface area contributed by atoms with E-state index in [1.165, 1.54) is 0 Å². The van der Waals surface area contributed by atoms with Crippen LogP contribution in [0, 0.1) is 6.92 Å². The van der Waals surface area contributed by atoms with Crippen LogP contribution in [0.5, 0.6) is 0 Å². The summed E-state index contributed by atoms with van der Waals surface area (Å²) in [6.45, 7) is 8.87. The van der Waals surface area contributed by atoms with Crippen molar-refractivity contribution in [1.82, 2.24) is 10.6 Å². The number of nitrogens with one attached hydrogen (secondary N) is 3. The SMILES string of the molecule is CC[C@@H](C)NC(=O)c1ccc(N2CCNCC2)c(NS(=O)(=O)c2ccccc2C)c1. The Morgan fingerprint density at radius 2 is 1.87 bits per heavy atom. The van der Waals surface area contributed by atoms with Gasteiger partial charge in [0.25, 0.3) is 15.9 Å². The highest BCUT2D eigenvalue weighted by atomic mass is 32.2. The summed E-state index contributed by atoms with van der Waals surface area (Å²) in [7, 11) is -3.80. The number of nitrogens with zero attached hydrogens (tertiary/aromatic N) is 1. The van der Waals surface area contributed by atoms with Crippen molar-refractivity contribution in [1.29, 1.82) is 0 Å². The summed E-state index contributed by atoms with van der Waals surface area (Å²) in [5, 5.41) is 6.23. The highest BCUT2D eigenvalue weighted by Crippen LogP contribution is 2.30. The van der Waals surface area contributed by atoms with E-state index in [0.29, 0.717) is 16.8 Å². The van der Waals surface area contributed by atoms with Crippen molar-refractivity contribution in [3.8, 4) is 0 Å². The van der Waals surface area contributed by atoms with Crippen LogP contribution in [-0.4, -0.2) is 46.5 Å². The van der Waals surface area contributed by atoms with E-state index < -0.39 is 10.0 Å². The zero-order valence-electron chi connectivity index (χ0n) is 17.7. The van der Waals surface area contributed by atoms with Crippen LogP contribution in [0.15, 0.2) is 47.4 Å². The molecule has 0 radical (unpaired) electrons. The summed E-state index contributed by atoms with van der Waals surface area (Å²) in [5.41, 5.74) is 2.28. The molecule has 0 saturated carbocycles. The van der Waals surface area contributed by atoms with E-state index in [0.717, 1.165) is 38.3 Å². The maximum Gasteiger partial charge on any atom is 0.262 e. The Hall–Kier alpha value is -2.58. The van der Waals surface area contributed by atoms with E-state index in [9.17, 15) is 13.2 Å². The van der Waals surface area contributed by atoms with Crippen LogP contribution >= 0.6 is 0 Å². The van der Waals surface area contributed by atoms with Gasteiger partial charge in [-0.25, -0.2) is 8.42 Å². The molecule has 0 bridgehead atoms. The molecular formula is C22H30N4O3S. The topological polar surface area (TPSA) is 90.5 Å². The Morgan fingerprint density at radius 1 is 1.17 bits per heavy atom. The molecule has 3 N–H and O–H groups in total. The van der Waals surface area contributed by atoms with Gasteiger partial charge < -0.3 is 15.5 Å². The Balaban J connectivity index is 1.99. The van der Waals surface area contributed by atoms with Crippen LogP contribution in [0.25, 0.3) is 0 Å². The van der Waals surface area contributed by atoms with Crippen molar-refractivity contribution in [3.05, 3.63) is 53.6 Å². The molecule has 1 amide bonds. The zero-order chi connectivity index (χ0) is 21.7. The van der Waals surface area contributed by atoms with E-state index >= 15 is 0 Å². The lowest BCUT2D eigenvalue weighted by atomic mass is 10.1. The highest BCUT2D eigenvalue weighted by molar-refractivity contribution is 7.92. The smallest absolute Gasteiger partial charge is 0.262 e. The van der Waals surface area contributed by atoms with Crippen LogP contribution in [0.1, 0.15) is 36.2 Å². The molecule has 0 unspecified atom stereocenters. The predicted octanol–water partition coefficient (Wildman–Crippen LogP) is 2.73. The van der Waals surface area contributed by atoms with Gasteiger partial charge in [-0.05, 0) is 50.1 Å². The number of carbonyl (C=O) groups is 1. The van der Waals surface area contributed by atoms with Gasteiger partial charge in [-0.1, -0.05) is 25.1 Å². The van der Waals surface area contributed by atoms with Crippen molar-refractivity contribution in [3.63, 3.8) is 0 Å². The molecule has 0 aliphatic carbocycles. The number of hydrogen-bond donors (Lipinski definition) is 3. The maximum absolute atomic E-state index is 13.1. The van der Waals surface area contributed by atoms with Gasteiger partial charge in [0, 0.05) is 37.8 Å². The molecule has 1 heterocycles. The predicted molar refractivity (Wildman–Crippen MR) is 121 cm³/mol. The molecular weight excluding hydrogens is 400 g/mol. The molecule has 1 saturated heterocycles. The third kappa shape index (κ3) is 5.12. The van der Waals surface area contributed by atoms with Crippen LogP contribution in [0.2, 0.25) is 0 Å². The number of anilines is 2. The lowest BCUT2D eigenvalue weighted by molar-refractivity contribution is 0.0939. The molecule has 1 fully saturated rings. The summed E-state index contributed by atoms with van der Waals surface area (Å²) in [6, 6.07) is 12.1. The van der Waals surface area contributed by atoms with Crippen LogP contribution in [-0.2, 0) is 10.0 Å². The second-order valence-corrected chi connectivity index (χ2v) is 9.27. The lowest BCUT2D eigenvalue weighted by Crippen LogP contribution is -2.43. The van der Waals surface area contributed by atoms with Crippen molar-refractivity contribution < 1.29 is 13.2 Å². The minimum absolute atomic E-state index is 0.0393. The second-order valence-electron chi connectivity index (χ2n) is 7.62. The molecule has 30 heavy (non-hydrogen) atoms. The third-order valence-corrected chi connectivity index (χ3v) is 6.86. The molecule has 7 nitrogen and oxygen atoms in total. The first kappa shape index (κ1) is 22.1. The van der Waals surface area contributed by atoms with Gasteiger partial charge in [0.05, 0.1) is 16.3 Å². The standard InChI is InChI=1S/C22H30N4O3S/c1-4-17(3)24-22(27)18-9-10-20(26-13-11-23-12-14-26)19(15-18)25-30(28,29)21-8-6-5-7-16(21)2/h5-10,15,17,23,25H,4,11-14H2,1-3H3,(H,24,27)/t17-/m1/s1. The maximum atomic E-state index is 13.1. The number of amides is 1. The normalized spacial score (nSPS) is 15.5. The van der Waals surface area contributed by atoms with Crippen molar-refractivity contribution in [2.24, 2.45) is 0 Å². The number of aryl methyl sites for hydroxylation is 1. The zero-order valence-corrected chi connectivity index (χ0v) is 18.6. The number of hydrogen-bond acceptors (Lipinski definition) is 5. The van der Waals surface area contributed by atoms with Gasteiger partial charge >= 0.3 is 0 Å². The average Bonchev–Trinajstić information content (AvgIpc) is 2.74. The summed E-state index contributed by atoms with van der Waals surface area (Å²) < 4.78 is 29.0. The number of rotatable bonds is 7. The summed E-state index contributed by atoms with van der Waals surface area (Å²) in [5.74, 6) is -0.215. The van der Waals surface area contributed by atoms with Gasteiger partial charge in [0.15, 0.2) is 0 Å². The fourth-order valence-corrected chi connectivity index (χ4v) is 4.72. The molecule has 8 heteroatoms. The minimum atomic E-state index is -3.80. The Morgan fingerprint density at radius 3 is 2.53 bits per heavy atom. The second kappa shape index (κ2) is 9.49. The van der Waals surface area contributed by atoms with Gasteiger partial charge in [0.1, 0.15) is 0 Å². The van der Waals surface area contributed by atoms with Crippen LogP contribution in [0.4, 0.5) is 11.4 Å². The third-order valence-electron chi connectivity index (χ3n) is 5.33. The fourth-order valence-electron chi connectivity index (χ4n) is 3.41. The molecule has 0 aromatic heterocycles. The first-order valence-electron chi connectivity index (χ1n) is 10.3. The molecule has 1 aliphatic heterocycles. The number of carbonyl (C=O) groups excluding carboxylic acids is 1. The van der Waals surface area contributed by atoms with Crippen molar-refractivity contribution >= 4 is 27.3 Å². The Labute approximate surface area is 178 Å². The quantitative estimate of drug-likeness (QED) is 0.628. The van der Waals surface area contributed by atoms with E-state index in [1.807, 2.05) is 19.9 Å². The number of sulfonamides is 1. The molecule has 3 rings (SSSR count). The largest absolute Gasteiger partial charge is 0.367 e. The lowest BCUT2D eigenvalue weighted by Gasteiger charge is -2.31. The molecule has 1 aliphatic rings. The average molecular weight is 431 g/mol. The molecule has 0 spiro atoms. The van der Waals surface area contributed by atoms with Crippen molar-refractivity contribution in [2.45, 2.75) is 38.1 Å². The van der Waals surface area contributed by atoms with E-state index in [2.05, 4.69) is 20.3 Å². The molecule has 162 valence electrons. The van der Waals surface area contributed by atoms with Gasteiger partial charge in [-0.15, -0.1) is 0 Å². The summed E-state index contributed by atoms with van der Waals surface area (Å²) in [4.78, 5) is 15.0. The fraction of sp³-hybridized carbons (Fsp3) is 0.409. The minimum Gasteiger partial charge on any atom is -0.367 e. The monoisotopic (exact) mass is 430 g/mol. The highest BCUT2D eigenvalue weighted by Gasteiger charge is 2.22. The van der Waals surface area contributed by atoms with Gasteiger partial charge in [-0.3, -0.25) is 9.52 Å². The molecule has 1 atom stereocenters. The van der Waals surface area contributed by atoms with Gasteiger partial charge in [0.2, 0.25) is 0 Å². The Bertz CT molecular complexity index is 1000. The number of benzene rings is 2. The van der Waals surface area contributed by atoms with E-state index in [4.69, 9.17) is 0 Å². The Kier molecular flexibility index (Phi) is 6.99. The van der Waals surface area contributed by atoms with Crippen molar-refractivity contribution in [2.75, 3.05) is 35.8 Å². The van der Waals surface area contributed by atoms with E-state index in [-0.39, 0.29) is 16.8 Å². The van der Waals surface area contributed by atoms with Crippen LogP contribution in [0.3, 0.4) is 0 Å². The van der Waals surface area contributed by atoms with E-state index in [1.54, 1.807) is 43.3 Å². The molecule has 2 aromatic rings. The van der Waals surface area contributed by atoms with Gasteiger partial charge in [-0.2, -0.15) is 0 Å². The first-order valence-corrected chi connectivity index (χ1v) is 11.8.